The molecule has 0 radical (unpaired) electrons. The van der Waals surface area contributed by atoms with Gasteiger partial charge in [-0.3, -0.25) is 0 Å². The lowest BCUT2D eigenvalue weighted by Gasteiger charge is -2.29. The van der Waals surface area contributed by atoms with Gasteiger partial charge in [-0.25, -0.2) is 19.9 Å². The normalized spacial score (nSPS) is 17.6. The number of unbranched alkanes of at least 4 members (excludes halogenated alkanes) is 28. The van der Waals surface area contributed by atoms with Crippen LogP contribution in [0, 0.1) is 11.8 Å². The molecule has 0 spiro atoms. The molecule has 440 valence electrons. The van der Waals surface area contributed by atoms with Crippen LogP contribution in [0.3, 0.4) is 0 Å². The monoisotopic (exact) mass is 1080 g/mol. The van der Waals surface area contributed by atoms with Gasteiger partial charge in [0, 0.05) is 36.6 Å². The van der Waals surface area contributed by atoms with E-state index in [1.807, 2.05) is 0 Å². The zero-order chi connectivity index (χ0) is 55.2. The maximum absolute atomic E-state index is 7.27. The molecule has 0 atom stereocenters. The molecule has 4 aromatic rings. The van der Waals surface area contributed by atoms with E-state index in [9.17, 15) is 0 Å². The van der Waals surface area contributed by atoms with Gasteiger partial charge in [0.05, 0.1) is 0 Å². The van der Waals surface area contributed by atoms with E-state index in [0.717, 1.165) is 61.7 Å². The van der Waals surface area contributed by atoms with Crippen molar-refractivity contribution in [3.63, 3.8) is 0 Å². The zero-order valence-electron chi connectivity index (χ0n) is 51.8. The maximum atomic E-state index is 7.27. The van der Waals surface area contributed by atoms with Crippen molar-refractivity contribution >= 4 is 0 Å². The molecule has 6 rings (SSSR count). The van der Waals surface area contributed by atoms with E-state index in [1.165, 1.54) is 290 Å². The van der Waals surface area contributed by atoms with Gasteiger partial charge in [-0.1, -0.05) is 232 Å². The first kappa shape index (κ1) is 64.6. The largest absolute Gasteiger partial charge is 0.457 e. The summed E-state index contributed by atoms with van der Waals surface area (Å²) in [7, 11) is 0. The van der Waals surface area contributed by atoms with Crippen molar-refractivity contribution in [2.24, 2.45) is 11.8 Å². The molecule has 0 bridgehead atoms. The number of nitrogens with zero attached hydrogens (tertiary/aromatic N) is 4. The molecule has 5 heteroatoms. The van der Waals surface area contributed by atoms with Crippen LogP contribution in [-0.4, -0.2) is 19.9 Å². The van der Waals surface area contributed by atoms with Crippen LogP contribution >= 0.6 is 0 Å². The lowest BCUT2D eigenvalue weighted by molar-refractivity contribution is 0.312. The molecule has 2 aliphatic carbocycles. The predicted molar refractivity (Wildman–Crippen MR) is 339 cm³/mol. The van der Waals surface area contributed by atoms with Crippen molar-refractivity contribution in [3.8, 4) is 11.5 Å². The molecule has 2 aromatic heterocycles. The van der Waals surface area contributed by atoms with Crippen LogP contribution in [0.5, 0.6) is 11.5 Å². The van der Waals surface area contributed by atoms with Gasteiger partial charge in [0.25, 0.3) is 0 Å². The molecular weight excluding hydrogens is 961 g/mol. The standard InChI is InChI=1S/C74H118N4O/c1-5-9-13-17-21-23-25-27-31-35-39-65-57-75-73(76-58-65)67-47-41-63(42-48-67)55-69-53-61(37-33-29-19-15-11-7-3)45-51-71(69)79-72-52-46-62(38-34-30-20-16-12-8-4)54-70(72)56-64-43-49-68(50-44-64)74-77-59-66(60-78-74)40-36-32-28-26-24-22-18-14-10-6-2/h45-46,51-54,57-60,63-64,67-68H,5-44,47-50,55-56H2,1-4H3/t63-,64-,67-,68-. The Labute approximate surface area is 486 Å². The highest BCUT2D eigenvalue weighted by molar-refractivity contribution is 5.45. The van der Waals surface area contributed by atoms with Crippen LogP contribution in [-0.2, 0) is 38.5 Å². The minimum atomic E-state index is 0.474. The lowest BCUT2D eigenvalue weighted by atomic mass is 9.78. The molecule has 0 aliphatic heterocycles. The first-order valence-electron chi connectivity index (χ1n) is 34.6. The summed E-state index contributed by atoms with van der Waals surface area (Å²) in [4.78, 5) is 20.0. The Morgan fingerprint density at radius 1 is 0.316 bits per heavy atom. The summed E-state index contributed by atoms with van der Waals surface area (Å²) in [6.07, 6.45) is 68.5. The van der Waals surface area contributed by atoms with Gasteiger partial charge >= 0.3 is 0 Å². The van der Waals surface area contributed by atoms with Gasteiger partial charge in [0.2, 0.25) is 0 Å². The third kappa shape index (κ3) is 26.0. The molecule has 0 saturated heterocycles. The van der Waals surface area contributed by atoms with E-state index in [-0.39, 0.29) is 0 Å². The lowest BCUT2D eigenvalue weighted by Crippen LogP contribution is -2.18. The summed E-state index contributed by atoms with van der Waals surface area (Å²) >= 11 is 0. The topological polar surface area (TPSA) is 60.8 Å². The molecule has 79 heavy (non-hydrogen) atoms. The average Bonchev–Trinajstić information content (AvgIpc) is 3.51. The molecule has 2 aromatic carbocycles. The second-order valence-corrected chi connectivity index (χ2v) is 25.6. The van der Waals surface area contributed by atoms with Gasteiger partial charge in [-0.2, -0.15) is 0 Å². The van der Waals surface area contributed by atoms with Gasteiger partial charge in [0.1, 0.15) is 23.1 Å². The van der Waals surface area contributed by atoms with E-state index in [2.05, 4.69) is 88.9 Å². The second-order valence-electron chi connectivity index (χ2n) is 25.6. The number of hydrogen-bond donors (Lipinski definition) is 0. The Bertz CT molecular complexity index is 1960. The van der Waals surface area contributed by atoms with Gasteiger partial charge in [-0.15, -0.1) is 0 Å². The Hall–Kier alpha value is -3.60. The Morgan fingerprint density at radius 3 is 0.873 bits per heavy atom. The maximum Gasteiger partial charge on any atom is 0.131 e. The van der Waals surface area contributed by atoms with Crippen molar-refractivity contribution < 1.29 is 4.74 Å². The van der Waals surface area contributed by atoms with Crippen molar-refractivity contribution in [2.75, 3.05) is 0 Å². The summed E-state index contributed by atoms with van der Waals surface area (Å²) in [5.74, 6) is 6.57. The fourth-order valence-electron chi connectivity index (χ4n) is 13.3. The smallest absolute Gasteiger partial charge is 0.131 e. The molecule has 0 unspecified atom stereocenters. The van der Waals surface area contributed by atoms with Crippen molar-refractivity contribution in [1.29, 1.82) is 0 Å². The summed E-state index contributed by atoms with van der Waals surface area (Å²) in [5, 5.41) is 0. The van der Waals surface area contributed by atoms with Crippen molar-refractivity contribution in [3.05, 3.63) is 106 Å². The van der Waals surface area contributed by atoms with Crippen molar-refractivity contribution in [2.45, 2.75) is 335 Å². The molecule has 2 fully saturated rings. The van der Waals surface area contributed by atoms with Crippen LogP contribution in [0.4, 0.5) is 0 Å². The van der Waals surface area contributed by atoms with Crippen molar-refractivity contribution in [1.82, 2.24) is 19.9 Å². The highest BCUT2D eigenvalue weighted by Crippen LogP contribution is 2.41. The minimum absolute atomic E-state index is 0.474. The summed E-state index contributed by atoms with van der Waals surface area (Å²) in [6, 6.07) is 14.6. The quantitative estimate of drug-likeness (QED) is 0.0413. The molecular formula is C74H118N4O. The Kier molecular flexibility index (Phi) is 33.2. The van der Waals surface area contributed by atoms with Crippen LogP contribution in [0.1, 0.15) is 341 Å². The number of aromatic nitrogens is 4. The minimum Gasteiger partial charge on any atom is -0.457 e. The summed E-state index contributed by atoms with van der Waals surface area (Å²) in [5.41, 5.74) is 8.42. The van der Waals surface area contributed by atoms with Crippen LogP contribution in [0.25, 0.3) is 0 Å². The number of aryl methyl sites for hydroxylation is 4. The third-order valence-corrected chi connectivity index (χ3v) is 18.6. The Balaban J connectivity index is 1.04. The van der Waals surface area contributed by atoms with E-state index in [4.69, 9.17) is 24.7 Å². The molecule has 2 aliphatic rings. The average molecular weight is 1080 g/mol. The highest BCUT2D eigenvalue weighted by atomic mass is 16.5. The summed E-state index contributed by atoms with van der Waals surface area (Å²) < 4.78 is 7.27. The number of benzene rings is 2. The van der Waals surface area contributed by atoms with Gasteiger partial charge in [0.15, 0.2) is 0 Å². The highest BCUT2D eigenvalue weighted by Gasteiger charge is 2.28. The van der Waals surface area contributed by atoms with Crippen LogP contribution in [0.15, 0.2) is 61.2 Å². The van der Waals surface area contributed by atoms with Crippen LogP contribution < -0.4 is 4.74 Å². The zero-order valence-corrected chi connectivity index (χ0v) is 51.8. The second kappa shape index (κ2) is 40.6. The first-order valence-corrected chi connectivity index (χ1v) is 34.6. The van der Waals surface area contributed by atoms with E-state index >= 15 is 0 Å². The predicted octanol–water partition coefficient (Wildman–Crippen LogP) is 22.8. The molecule has 2 heterocycles. The molecule has 0 N–H and O–H groups in total. The summed E-state index contributed by atoms with van der Waals surface area (Å²) in [6.45, 7) is 9.24. The first-order chi connectivity index (χ1) is 39.0. The number of hydrogen-bond acceptors (Lipinski definition) is 5. The van der Waals surface area contributed by atoms with Crippen LogP contribution in [0.2, 0.25) is 0 Å². The fourth-order valence-corrected chi connectivity index (χ4v) is 13.3. The fraction of sp³-hybridized carbons (Fsp3) is 0.730. The van der Waals surface area contributed by atoms with E-state index in [0.29, 0.717) is 23.7 Å². The number of rotatable bonds is 44. The van der Waals surface area contributed by atoms with E-state index < -0.39 is 0 Å². The van der Waals surface area contributed by atoms with E-state index in [1.54, 1.807) is 0 Å². The third-order valence-electron chi connectivity index (χ3n) is 18.6. The Morgan fingerprint density at radius 2 is 0.582 bits per heavy atom. The number of ether oxygens (including phenoxy) is 1. The SMILES string of the molecule is CCCCCCCCCCCCc1cnc([C@H]2CC[C@H](Cc3cc(CCCCCCCC)ccc3Oc3ccc(CCCCCCCC)cc3C[C@H]3CC[C@H](c4ncc(CCCCCCCCCCCC)cn4)CC3)CC2)nc1. The molecule has 5 nitrogen and oxygen atoms in total. The van der Waals surface area contributed by atoms with Gasteiger partial charge in [-0.05, 0) is 173 Å². The molecule has 0 amide bonds. The van der Waals surface area contributed by atoms with Gasteiger partial charge < -0.3 is 4.74 Å². The molecule has 2 saturated carbocycles.